The Kier molecular flexibility index (Phi) is 2.29. The molecule has 2 rings (SSSR count). The summed E-state index contributed by atoms with van der Waals surface area (Å²) in [6.45, 7) is 6.50. The van der Waals surface area contributed by atoms with Crippen LogP contribution in [0.4, 0.5) is 0 Å². The highest BCUT2D eigenvalue weighted by atomic mass is 16.5. The molecule has 0 radical (unpaired) electrons. The number of hydrogen-bond acceptors (Lipinski definition) is 3. The molecule has 2 saturated heterocycles. The minimum Gasteiger partial charge on any atom is -0.464 e. The van der Waals surface area contributed by atoms with Gasteiger partial charge in [0.05, 0.1) is 6.61 Å². The molecule has 2 aliphatic heterocycles. The quantitative estimate of drug-likeness (QED) is 0.501. The van der Waals surface area contributed by atoms with Crippen LogP contribution < -0.4 is 0 Å². The summed E-state index contributed by atoms with van der Waals surface area (Å²) in [5.74, 6) is -0.226. The molecule has 0 bridgehead atoms. The van der Waals surface area contributed by atoms with E-state index in [0.717, 1.165) is 5.57 Å². The summed E-state index contributed by atoms with van der Waals surface area (Å²) in [5.41, 5.74) is 0.223. The van der Waals surface area contributed by atoms with Crippen LogP contribution in [0.2, 0.25) is 0 Å². The van der Waals surface area contributed by atoms with Crippen LogP contribution >= 0.6 is 0 Å². The van der Waals surface area contributed by atoms with Crippen LogP contribution in [0.3, 0.4) is 0 Å². The molecule has 82 valence electrons. The zero-order chi connectivity index (χ0) is 11.1. The molecule has 0 aromatic heterocycles. The molecule has 0 aromatic carbocycles. The number of ether oxygens (including phenoxy) is 1. The molecule has 2 heterocycles. The van der Waals surface area contributed by atoms with E-state index in [9.17, 15) is 9.59 Å². The highest BCUT2D eigenvalue weighted by molar-refractivity contribution is 5.93. The third-order valence-corrected chi connectivity index (χ3v) is 3.15. The van der Waals surface area contributed by atoms with Crippen LogP contribution in [0.25, 0.3) is 0 Å². The van der Waals surface area contributed by atoms with Gasteiger partial charge < -0.3 is 9.64 Å². The van der Waals surface area contributed by atoms with E-state index < -0.39 is 5.54 Å². The van der Waals surface area contributed by atoms with E-state index in [1.165, 1.54) is 0 Å². The largest absolute Gasteiger partial charge is 0.464 e. The Morgan fingerprint density at radius 2 is 2.40 bits per heavy atom. The van der Waals surface area contributed by atoms with Crippen molar-refractivity contribution in [3.8, 4) is 0 Å². The number of carbonyl (C=O) groups is 2. The summed E-state index contributed by atoms with van der Waals surface area (Å²) < 4.78 is 5.05. The molecule has 0 aliphatic carbocycles. The van der Waals surface area contributed by atoms with Crippen molar-refractivity contribution >= 4 is 11.9 Å². The van der Waals surface area contributed by atoms with E-state index >= 15 is 0 Å². The van der Waals surface area contributed by atoms with Gasteiger partial charge in [-0.2, -0.15) is 0 Å². The number of nitrogens with zero attached hydrogens (tertiary/aromatic N) is 1. The fourth-order valence-corrected chi connectivity index (χ4v) is 2.49. The Hall–Kier alpha value is -1.32. The predicted molar refractivity (Wildman–Crippen MR) is 54.1 cm³/mol. The predicted octanol–water partition coefficient (Wildman–Crippen LogP) is 0.871. The third kappa shape index (κ3) is 1.35. The maximum absolute atomic E-state index is 11.9. The van der Waals surface area contributed by atoms with Gasteiger partial charge in [0, 0.05) is 19.4 Å². The second-order valence-electron chi connectivity index (χ2n) is 4.16. The number of carbonyl (C=O) groups excluding carboxylic acids is 2. The lowest BCUT2D eigenvalue weighted by Gasteiger charge is -2.28. The Bertz CT molecular complexity index is 337. The Balaban J connectivity index is 2.28. The third-order valence-electron chi connectivity index (χ3n) is 3.15. The summed E-state index contributed by atoms with van der Waals surface area (Å²) in [6, 6.07) is 0. The number of hydrogen-bond donors (Lipinski definition) is 0. The van der Waals surface area contributed by atoms with E-state index in [1.807, 2.05) is 0 Å². The molecule has 2 aliphatic rings. The monoisotopic (exact) mass is 209 g/mol. The first kappa shape index (κ1) is 10.2. The van der Waals surface area contributed by atoms with Crippen molar-refractivity contribution in [3.63, 3.8) is 0 Å². The van der Waals surface area contributed by atoms with E-state index in [2.05, 4.69) is 6.58 Å². The number of fused-ring (bicyclic) bond motifs is 1. The van der Waals surface area contributed by atoms with Crippen molar-refractivity contribution < 1.29 is 14.3 Å². The summed E-state index contributed by atoms with van der Waals surface area (Å²) in [7, 11) is 0. The topological polar surface area (TPSA) is 46.6 Å². The van der Waals surface area contributed by atoms with Gasteiger partial charge in [0.15, 0.2) is 0 Å². The molecule has 4 heteroatoms. The first-order chi connectivity index (χ1) is 7.10. The first-order valence-corrected chi connectivity index (χ1v) is 5.24. The second kappa shape index (κ2) is 3.36. The maximum atomic E-state index is 11.9. The van der Waals surface area contributed by atoms with Crippen molar-refractivity contribution in [2.24, 2.45) is 0 Å². The number of rotatable bonds is 2. The molecule has 0 spiro atoms. The maximum Gasteiger partial charge on any atom is 0.332 e. The van der Waals surface area contributed by atoms with Gasteiger partial charge in [-0.1, -0.05) is 12.2 Å². The van der Waals surface area contributed by atoms with Crippen molar-refractivity contribution in [1.29, 1.82) is 0 Å². The molecule has 1 amide bonds. The molecule has 4 nitrogen and oxygen atoms in total. The smallest absolute Gasteiger partial charge is 0.332 e. The fraction of sp³-hybridized carbons (Fsp3) is 0.636. The highest BCUT2D eigenvalue weighted by Crippen LogP contribution is 2.42. The number of amides is 1. The lowest BCUT2D eigenvalue weighted by atomic mass is 9.93. The second-order valence-corrected chi connectivity index (χ2v) is 4.16. The number of esters is 1. The summed E-state index contributed by atoms with van der Waals surface area (Å²) in [5, 5.41) is 0. The molecular weight excluding hydrogens is 194 g/mol. The van der Waals surface area contributed by atoms with Crippen LogP contribution in [0.5, 0.6) is 0 Å². The molecule has 1 atom stereocenters. The van der Waals surface area contributed by atoms with Crippen molar-refractivity contribution in [2.45, 2.75) is 31.7 Å². The SMILES string of the molecule is C=C1CN2C(=O)CC[C@]2(C(=O)OCC)C1. The van der Waals surface area contributed by atoms with E-state index in [4.69, 9.17) is 4.74 Å². The average Bonchev–Trinajstić information content (AvgIpc) is 2.66. The lowest BCUT2D eigenvalue weighted by molar-refractivity contribution is -0.157. The van der Waals surface area contributed by atoms with Gasteiger partial charge in [0.25, 0.3) is 0 Å². The Labute approximate surface area is 88.9 Å². The zero-order valence-electron chi connectivity index (χ0n) is 8.91. The van der Waals surface area contributed by atoms with Gasteiger partial charge in [-0.25, -0.2) is 4.79 Å². The van der Waals surface area contributed by atoms with Gasteiger partial charge in [0.1, 0.15) is 5.54 Å². The van der Waals surface area contributed by atoms with Gasteiger partial charge in [-0.05, 0) is 13.3 Å². The van der Waals surface area contributed by atoms with E-state index in [0.29, 0.717) is 32.4 Å². The molecular formula is C11H15NO3. The van der Waals surface area contributed by atoms with Gasteiger partial charge in [0.2, 0.25) is 5.91 Å². The average molecular weight is 209 g/mol. The Morgan fingerprint density at radius 1 is 1.67 bits per heavy atom. The molecule has 0 N–H and O–H groups in total. The molecule has 0 aromatic rings. The minimum absolute atomic E-state index is 0.0432. The summed E-state index contributed by atoms with van der Waals surface area (Å²) >= 11 is 0. The summed E-state index contributed by atoms with van der Waals surface area (Å²) in [4.78, 5) is 25.1. The summed E-state index contributed by atoms with van der Waals surface area (Å²) in [6.07, 6.45) is 1.59. The highest BCUT2D eigenvalue weighted by Gasteiger charge is 2.55. The zero-order valence-corrected chi connectivity index (χ0v) is 8.91. The van der Waals surface area contributed by atoms with Crippen LogP contribution in [-0.2, 0) is 14.3 Å². The molecule has 0 saturated carbocycles. The molecule has 0 unspecified atom stereocenters. The van der Waals surface area contributed by atoms with Gasteiger partial charge in [-0.15, -0.1) is 0 Å². The van der Waals surface area contributed by atoms with Crippen molar-refractivity contribution in [1.82, 2.24) is 4.90 Å². The van der Waals surface area contributed by atoms with Crippen LogP contribution in [-0.4, -0.2) is 35.5 Å². The van der Waals surface area contributed by atoms with E-state index in [-0.39, 0.29) is 11.9 Å². The van der Waals surface area contributed by atoms with Crippen molar-refractivity contribution in [3.05, 3.63) is 12.2 Å². The van der Waals surface area contributed by atoms with Gasteiger partial charge >= 0.3 is 5.97 Å². The fourth-order valence-electron chi connectivity index (χ4n) is 2.49. The molecule has 2 fully saturated rings. The first-order valence-electron chi connectivity index (χ1n) is 5.24. The van der Waals surface area contributed by atoms with Gasteiger partial charge in [-0.3, -0.25) is 4.79 Å². The standard InChI is InChI=1S/C11H15NO3/c1-3-15-10(14)11-5-4-9(13)12(11)7-8(2)6-11/h2-7H2,1H3/t11-/m1/s1. The van der Waals surface area contributed by atoms with Crippen LogP contribution in [0.1, 0.15) is 26.2 Å². The van der Waals surface area contributed by atoms with E-state index in [1.54, 1.807) is 11.8 Å². The van der Waals surface area contributed by atoms with Crippen molar-refractivity contribution in [2.75, 3.05) is 13.2 Å². The van der Waals surface area contributed by atoms with Crippen LogP contribution in [0.15, 0.2) is 12.2 Å². The molecule has 15 heavy (non-hydrogen) atoms. The lowest BCUT2D eigenvalue weighted by Crippen LogP contribution is -2.48. The normalized spacial score (nSPS) is 29.5. The minimum atomic E-state index is -0.718. The van der Waals surface area contributed by atoms with Crippen LogP contribution in [0, 0.1) is 0 Å². The Morgan fingerprint density at radius 3 is 3.07 bits per heavy atom.